The molecule has 0 aliphatic rings. The summed E-state index contributed by atoms with van der Waals surface area (Å²) in [6.07, 6.45) is 0.116. The van der Waals surface area contributed by atoms with Crippen LogP contribution in [0.15, 0.2) is 53.7 Å². The number of rotatable bonds is 8. The van der Waals surface area contributed by atoms with E-state index in [0.717, 1.165) is 22.5 Å². The van der Waals surface area contributed by atoms with Gasteiger partial charge in [-0.3, -0.25) is 9.59 Å². The molecule has 1 aromatic heterocycles. The molecular formula is C22H25N5O2S. The summed E-state index contributed by atoms with van der Waals surface area (Å²) in [4.78, 5) is 24.7. The molecule has 2 N–H and O–H groups in total. The predicted molar refractivity (Wildman–Crippen MR) is 120 cm³/mol. The van der Waals surface area contributed by atoms with Crippen LogP contribution in [0.4, 0.5) is 11.4 Å². The second-order valence-electron chi connectivity index (χ2n) is 6.89. The first-order valence-corrected chi connectivity index (χ1v) is 10.7. The maximum atomic E-state index is 12.4. The Labute approximate surface area is 180 Å². The van der Waals surface area contributed by atoms with Crippen LogP contribution in [0.3, 0.4) is 0 Å². The van der Waals surface area contributed by atoms with E-state index in [4.69, 9.17) is 0 Å². The molecule has 0 spiro atoms. The normalized spacial score (nSPS) is 10.6. The van der Waals surface area contributed by atoms with Gasteiger partial charge >= 0.3 is 0 Å². The lowest BCUT2D eigenvalue weighted by Crippen LogP contribution is -2.18. The Kier molecular flexibility index (Phi) is 7.24. The Bertz CT molecular complexity index is 1030. The van der Waals surface area contributed by atoms with Crippen molar-refractivity contribution in [2.24, 2.45) is 0 Å². The zero-order chi connectivity index (χ0) is 21.5. The highest BCUT2D eigenvalue weighted by molar-refractivity contribution is 7.99. The number of anilines is 2. The molecule has 1 heterocycles. The van der Waals surface area contributed by atoms with Gasteiger partial charge in [0.2, 0.25) is 11.8 Å². The van der Waals surface area contributed by atoms with E-state index in [2.05, 4.69) is 20.8 Å². The van der Waals surface area contributed by atoms with Crippen molar-refractivity contribution in [2.75, 3.05) is 16.4 Å². The minimum absolute atomic E-state index is 0.110. The van der Waals surface area contributed by atoms with Gasteiger partial charge in [-0.2, -0.15) is 0 Å². The van der Waals surface area contributed by atoms with Crippen LogP contribution in [-0.4, -0.2) is 32.3 Å². The van der Waals surface area contributed by atoms with Crippen molar-refractivity contribution >= 4 is 35.0 Å². The molecule has 7 nitrogen and oxygen atoms in total. The fourth-order valence-electron chi connectivity index (χ4n) is 3.01. The number of hydrogen-bond donors (Lipinski definition) is 2. The van der Waals surface area contributed by atoms with E-state index >= 15 is 0 Å². The van der Waals surface area contributed by atoms with Gasteiger partial charge in [-0.1, -0.05) is 47.7 Å². The number of hydrogen-bond acceptors (Lipinski definition) is 5. The van der Waals surface area contributed by atoms with Crippen LogP contribution in [0.25, 0.3) is 0 Å². The van der Waals surface area contributed by atoms with E-state index < -0.39 is 0 Å². The molecule has 156 valence electrons. The highest BCUT2D eigenvalue weighted by atomic mass is 32.2. The fourth-order valence-corrected chi connectivity index (χ4v) is 3.84. The van der Waals surface area contributed by atoms with E-state index in [1.807, 2.05) is 73.9 Å². The molecule has 0 saturated heterocycles. The summed E-state index contributed by atoms with van der Waals surface area (Å²) >= 11 is 1.31. The second kappa shape index (κ2) is 10.1. The largest absolute Gasteiger partial charge is 0.326 e. The van der Waals surface area contributed by atoms with Gasteiger partial charge < -0.3 is 15.2 Å². The summed E-state index contributed by atoms with van der Waals surface area (Å²) in [6, 6.07) is 15.2. The summed E-state index contributed by atoms with van der Waals surface area (Å²) in [6.45, 7) is 6.56. The van der Waals surface area contributed by atoms with Crippen LogP contribution >= 0.6 is 11.8 Å². The molecule has 0 aliphatic heterocycles. The number of nitrogens with zero attached hydrogens (tertiary/aromatic N) is 3. The molecule has 0 unspecified atom stereocenters. The number of amides is 2. The summed E-state index contributed by atoms with van der Waals surface area (Å²) in [5.74, 6) is 0.512. The second-order valence-corrected chi connectivity index (χ2v) is 7.83. The SMILES string of the molecule is CCn1c(CC(=O)Nc2ccccc2)nnc1SCC(=O)Nc1ccc(C)cc1C. The summed E-state index contributed by atoms with van der Waals surface area (Å²) in [7, 11) is 0. The van der Waals surface area contributed by atoms with Crippen molar-refractivity contribution in [3.05, 3.63) is 65.5 Å². The zero-order valence-corrected chi connectivity index (χ0v) is 18.1. The van der Waals surface area contributed by atoms with Gasteiger partial charge in [0.05, 0.1) is 12.2 Å². The maximum Gasteiger partial charge on any atom is 0.234 e. The van der Waals surface area contributed by atoms with E-state index in [0.29, 0.717) is 17.5 Å². The topological polar surface area (TPSA) is 88.9 Å². The number of benzene rings is 2. The molecule has 2 aromatic carbocycles. The number of para-hydroxylation sites is 1. The van der Waals surface area contributed by atoms with Crippen molar-refractivity contribution in [1.82, 2.24) is 14.8 Å². The molecule has 8 heteroatoms. The third-order valence-corrected chi connectivity index (χ3v) is 5.44. The van der Waals surface area contributed by atoms with E-state index in [9.17, 15) is 9.59 Å². The molecule has 0 atom stereocenters. The highest BCUT2D eigenvalue weighted by Crippen LogP contribution is 2.20. The average molecular weight is 424 g/mol. The number of aromatic nitrogens is 3. The Hall–Kier alpha value is -3.13. The number of carbonyl (C=O) groups is 2. The summed E-state index contributed by atoms with van der Waals surface area (Å²) in [5, 5.41) is 14.7. The molecule has 30 heavy (non-hydrogen) atoms. The lowest BCUT2D eigenvalue weighted by atomic mass is 10.1. The highest BCUT2D eigenvalue weighted by Gasteiger charge is 2.16. The van der Waals surface area contributed by atoms with Crippen LogP contribution in [0.2, 0.25) is 0 Å². The van der Waals surface area contributed by atoms with Crippen molar-refractivity contribution < 1.29 is 9.59 Å². The van der Waals surface area contributed by atoms with Crippen LogP contribution < -0.4 is 10.6 Å². The van der Waals surface area contributed by atoms with Crippen molar-refractivity contribution in [3.63, 3.8) is 0 Å². The standard InChI is InChI=1S/C22H25N5O2S/c1-4-27-19(13-20(28)23-17-8-6-5-7-9-17)25-26-22(27)30-14-21(29)24-18-11-10-15(2)12-16(18)3/h5-12H,4,13-14H2,1-3H3,(H,23,28)(H,24,29). The summed E-state index contributed by atoms with van der Waals surface area (Å²) < 4.78 is 1.86. The van der Waals surface area contributed by atoms with Gasteiger partial charge in [0, 0.05) is 17.9 Å². The third kappa shape index (κ3) is 5.70. The lowest BCUT2D eigenvalue weighted by molar-refractivity contribution is -0.116. The molecular weight excluding hydrogens is 398 g/mol. The van der Waals surface area contributed by atoms with E-state index in [1.165, 1.54) is 11.8 Å². The van der Waals surface area contributed by atoms with Gasteiger partial charge in [0.25, 0.3) is 0 Å². The Morgan fingerprint density at radius 2 is 1.77 bits per heavy atom. The van der Waals surface area contributed by atoms with E-state index in [-0.39, 0.29) is 24.0 Å². The first-order chi connectivity index (χ1) is 14.5. The van der Waals surface area contributed by atoms with E-state index in [1.54, 1.807) is 0 Å². The third-order valence-electron chi connectivity index (χ3n) is 4.47. The molecule has 3 aromatic rings. The van der Waals surface area contributed by atoms with Crippen molar-refractivity contribution in [1.29, 1.82) is 0 Å². The predicted octanol–water partition coefficient (Wildman–Crippen LogP) is 3.83. The van der Waals surface area contributed by atoms with Gasteiger partial charge in [-0.05, 0) is 44.5 Å². The Morgan fingerprint density at radius 3 is 2.47 bits per heavy atom. The van der Waals surface area contributed by atoms with Gasteiger partial charge in [-0.25, -0.2) is 0 Å². The first kappa shape index (κ1) is 21.6. The van der Waals surface area contributed by atoms with Crippen molar-refractivity contribution in [3.8, 4) is 0 Å². The fraction of sp³-hybridized carbons (Fsp3) is 0.273. The number of aryl methyl sites for hydroxylation is 2. The minimum atomic E-state index is -0.160. The van der Waals surface area contributed by atoms with Crippen molar-refractivity contribution in [2.45, 2.75) is 38.9 Å². The van der Waals surface area contributed by atoms with Crippen LogP contribution in [0.5, 0.6) is 0 Å². The van der Waals surface area contributed by atoms with Crippen LogP contribution in [-0.2, 0) is 22.6 Å². The smallest absolute Gasteiger partial charge is 0.234 e. The van der Waals surface area contributed by atoms with Gasteiger partial charge in [0.1, 0.15) is 5.82 Å². The molecule has 3 rings (SSSR count). The molecule has 0 saturated carbocycles. The monoisotopic (exact) mass is 423 g/mol. The van der Waals surface area contributed by atoms with Crippen LogP contribution in [0, 0.1) is 13.8 Å². The van der Waals surface area contributed by atoms with Gasteiger partial charge in [0.15, 0.2) is 5.16 Å². The maximum absolute atomic E-state index is 12.4. The molecule has 0 radical (unpaired) electrons. The molecule has 0 bridgehead atoms. The van der Waals surface area contributed by atoms with Crippen LogP contribution in [0.1, 0.15) is 23.9 Å². The van der Waals surface area contributed by atoms with Gasteiger partial charge in [-0.15, -0.1) is 10.2 Å². The minimum Gasteiger partial charge on any atom is -0.326 e. The number of nitrogens with one attached hydrogen (secondary N) is 2. The zero-order valence-electron chi connectivity index (χ0n) is 17.3. The number of thioether (sulfide) groups is 1. The molecule has 0 aliphatic carbocycles. The quantitative estimate of drug-likeness (QED) is 0.538. The Balaban J connectivity index is 1.58. The molecule has 2 amide bonds. The summed E-state index contributed by atoms with van der Waals surface area (Å²) in [5.41, 5.74) is 3.72. The molecule has 0 fully saturated rings. The lowest BCUT2D eigenvalue weighted by Gasteiger charge is -2.10. The Morgan fingerprint density at radius 1 is 1.00 bits per heavy atom. The number of carbonyl (C=O) groups excluding carboxylic acids is 2. The average Bonchev–Trinajstić information content (AvgIpc) is 3.10. The first-order valence-electron chi connectivity index (χ1n) is 9.73.